The summed E-state index contributed by atoms with van der Waals surface area (Å²) in [5.74, 6) is 0. The van der Waals surface area contributed by atoms with E-state index in [-0.39, 0.29) is 0 Å². The number of hydrogen-bond donors (Lipinski definition) is 3. The molecule has 0 atom stereocenters. The smallest absolute Gasteiger partial charge is 0.307 e. The van der Waals surface area contributed by atoms with Crippen LogP contribution in [-0.2, 0) is 33.3 Å². The van der Waals surface area contributed by atoms with E-state index in [1.54, 1.807) is 0 Å². The van der Waals surface area contributed by atoms with Crippen LogP contribution in [0.15, 0.2) is 0 Å². The molecule has 0 aliphatic rings. The minimum Gasteiger partial charge on any atom is -0.307 e. The summed E-state index contributed by atoms with van der Waals surface area (Å²) < 4.78 is 8.88. The van der Waals surface area contributed by atoms with Crippen molar-refractivity contribution in [2.45, 2.75) is 0 Å². The number of carbonyl (C=O) groups excluding carboxylic acids is 6. The van der Waals surface area contributed by atoms with Crippen LogP contribution in [0, 0.1) is 0 Å². The number of carbonyl (C=O) groups is 6. The first-order chi connectivity index (χ1) is 8.00. The Kier molecular flexibility index (Phi) is 384. The Morgan fingerprint density at radius 3 is 0.471 bits per heavy atom. The summed E-state index contributed by atoms with van der Waals surface area (Å²) in [5, 5.41) is 0. The van der Waals surface area contributed by atoms with Gasteiger partial charge in [-0.1, -0.05) is 0 Å². The summed E-state index contributed by atoms with van der Waals surface area (Å²) in [6.45, 7) is 12.0. The van der Waals surface area contributed by atoms with Gasteiger partial charge in [0.1, 0.15) is 40.7 Å². The van der Waals surface area contributed by atoms with Gasteiger partial charge in [0, 0.05) is 0 Å². The fraction of sp³-hybridized carbons (Fsp3) is 0. The van der Waals surface area contributed by atoms with Crippen molar-refractivity contribution >= 4 is 48.6 Å². The normalized spacial score (nSPS) is 4.88. The molecule has 0 rings (SSSR count). The Morgan fingerprint density at radius 2 is 0.471 bits per heavy atom. The molecule has 0 aliphatic carbocycles. The highest BCUT2D eigenvalue weighted by atomic mass is 31.2. The second-order valence-electron chi connectivity index (χ2n) is 0.513. The lowest BCUT2D eigenvalue weighted by Crippen LogP contribution is -1.66. The van der Waals surface area contributed by atoms with Crippen LogP contribution in [0.25, 0.3) is 0 Å². The Balaban J connectivity index is -0.0000000147. The molecule has 0 radical (unpaired) electrons. The van der Waals surface area contributed by atoms with E-state index in [9.17, 15) is 0 Å². The molecule has 0 bridgehead atoms. The van der Waals surface area contributed by atoms with E-state index < -0.39 is 7.82 Å². The highest BCUT2D eigenvalue weighted by Crippen LogP contribution is 2.25. The Labute approximate surface area is 97.5 Å². The molecule has 0 aromatic carbocycles. The number of hydrogen-bond acceptors (Lipinski definition) is 7. The van der Waals surface area contributed by atoms with Crippen LogP contribution in [0.1, 0.15) is 0 Å². The van der Waals surface area contributed by atoms with Gasteiger partial charge in [0.15, 0.2) is 0 Å². The van der Waals surface area contributed by atoms with Gasteiger partial charge in [0.05, 0.1) is 0 Å². The molecule has 3 N–H and O–H groups in total. The van der Waals surface area contributed by atoms with E-state index in [1.165, 1.54) is 0 Å². The van der Waals surface area contributed by atoms with Gasteiger partial charge in [-0.3, -0.25) is 0 Å². The highest BCUT2D eigenvalue weighted by molar-refractivity contribution is 7.45. The average molecular weight is 278 g/mol. The standard InChI is InChI=1S/6CH2O.H3O4P/c6*1-2;1-5(2,3)4/h6*1H2;(H3,1,2,3,4). The first-order valence-corrected chi connectivity index (χ1v) is 4.08. The monoisotopic (exact) mass is 278 g/mol. The maximum atomic E-state index is 8.88. The SMILES string of the molecule is C=O.C=O.C=O.C=O.C=O.C=O.O=P(O)(O)O. The predicted octanol–water partition coefficient (Wildman–Crippen LogP) is -2.04. The lowest BCUT2D eigenvalue weighted by molar-refractivity contribution is -0.0987. The molecule has 11 heteroatoms. The fourth-order valence-electron chi connectivity index (χ4n) is 0. The lowest BCUT2D eigenvalue weighted by atomic mass is 11.9. The van der Waals surface area contributed by atoms with Crippen molar-refractivity contribution in [3.63, 3.8) is 0 Å². The molecule has 0 heterocycles. The van der Waals surface area contributed by atoms with Gasteiger partial charge in [-0.2, -0.15) is 0 Å². The zero-order valence-corrected chi connectivity index (χ0v) is 9.78. The van der Waals surface area contributed by atoms with Gasteiger partial charge in [0.25, 0.3) is 0 Å². The van der Waals surface area contributed by atoms with Crippen molar-refractivity contribution in [2.75, 3.05) is 0 Å². The zero-order chi connectivity index (χ0) is 16.5. The second-order valence-corrected chi connectivity index (χ2v) is 1.54. The molecule has 0 fully saturated rings. The summed E-state index contributed by atoms with van der Waals surface area (Å²) >= 11 is 0. The first-order valence-electron chi connectivity index (χ1n) is 2.51. The number of rotatable bonds is 0. The van der Waals surface area contributed by atoms with Crippen LogP contribution in [-0.4, -0.2) is 55.4 Å². The van der Waals surface area contributed by atoms with E-state index in [0.717, 1.165) is 0 Å². The molecule has 0 aromatic rings. The van der Waals surface area contributed by atoms with Gasteiger partial charge in [-0.25, -0.2) is 4.57 Å². The topological polar surface area (TPSA) is 180 Å². The van der Waals surface area contributed by atoms with Crippen molar-refractivity contribution in [2.24, 2.45) is 0 Å². The van der Waals surface area contributed by atoms with Gasteiger partial charge >= 0.3 is 7.82 Å². The van der Waals surface area contributed by atoms with Crippen molar-refractivity contribution in [3.05, 3.63) is 0 Å². The summed E-state index contributed by atoms with van der Waals surface area (Å²) in [6.07, 6.45) is 0. The molecule has 0 amide bonds. The number of phosphoric acid groups is 1. The summed E-state index contributed by atoms with van der Waals surface area (Å²) in [6, 6.07) is 0. The van der Waals surface area contributed by atoms with Crippen LogP contribution in [0.4, 0.5) is 0 Å². The Hall–Kier alpha value is -1.87. The molecule has 0 saturated carbocycles. The maximum absolute atomic E-state index is 8.88. The molecule has 0 saturated heterocycles. The molecule has 0 aromatic heterocycles. The van der Waals surface area contributed by atoms with Crippen LogP contribution in [0.5, 0.6) is 0 Å². The van der Waals surface area contributed by atoms with Gasteiger partial charge < -0.3 is 43.4 Å². The lowest BCUT2D eigenvalue weighted by Gasteiger charge is -1.82. The molecule has 17 heavy (non-hydrogen) atoms. The van der Waals surface area contributed by atoms with E-state index in [4.69, 9.17) is 48.0 Å². The molecule has 0 unspecified atom stereocenters. The van der Waals surface area contributed by atoms with Crippen molar-refractivity contribution in [3.8, 4) is 0 Å². The van der Waals surface area contributed by atoms with E-state index in [1.807, 2.05) is 40.7 Å². The van der Waals surface area contributed by atoms with Crippen LogP contribution in [0.2, 0.25) is 0 Å². The highest BCUT2D eigenvalue weighted by Gasteiger charge is 2.00. The Morgan fingerprint density at radius 1 is 0.471 bits per heavy atom. The quantitative estimate of drug-likeness (QED) is 0.417. The summed E-state index contributed by atoms with van der Waals surface area (Å²) in [4.78, 5) is 69.6. The fourth-order valence-corrected chi connectivity index (χ4v) is 0. The average Bonchev–Trinajstić information content (AvgIpc) is 2.41. The van der Waals surface area contributed by atoms with Crippen LogP contribution >= 0.6 is 7.82 Å². The third-order valence-corrected chi connectivity index (χ3v) is 0. The van der Waals surface area contributed by atoms with E-state index in [0.29, 0.717) is 0 Å². The Bertz CT molecular complexity index is 113. The largest absolute Gasteiger partial charge is 0.466 e. The van der Waals surface area contributed by atoms with Crippen LogP contribution in [0.3, 0.4) is 0 Å². The van der Waals surface area contributed by atoms with Gasteiger partial charge in [0.2, 0.25) is 0 Å². The molecular formula is C6H15O10P. The van der Waals surface area contributed by atoms with E-state index >= 15 is 0 Å². The van der Waals surface area contributed by atoms with Crippen molar-refractivity contribution < 1.29 is 48.0 Å². The second kappa shape index (κ2) is 143. The molecule has 10 nitrogen and oxygen atoms in total. The third kappa shape index (κ3) is 595. The first kappa shape index (κ1) is 45.7. The molecule has 0 spiro atoms. The molecule has 0 aliphatic heterocycles. The van der Waals surface area contributed by atoms with Crippen molar-refractivity contribution in [1.29, 1.82) is 0 Å². The predicted molar refractivity (Wildman–Crippen MR) is 57.0 cm³/mol. The minimum absolute atomic E-state index is 2.00. The van der Waals surface area contributed by atoms with Gasteiger partial charge in [-0.05, 0) is 0 Å². The maximum Gasteiger partial charge on any atom is 0.466 e. The zero-order valence-electron chi connectivity index (χ0n) is 8.89. The summed E-state index contributed by atoms with van der Waals surface area (Å²) in [5.41, 5.74) is 0. The van der Waals surface area contributed by atoms with E-state index in [2.05, 4.69) is 0 Å². The molecular weight excluding hydrogens is 263 g/mol. The molecule has 104 valence electrons. The minimum atomic E-state index is -4.64. The van der Waals surface area contributed by atoms with Crippen molar-refractivity contribution in [1.82, 2.24) is 0 Å². The third-order valence-electron chi connectivity index (χ3n) is 0. The van der Waals surface area contributed by atoms with Crippen LogP contribution < -0.4 is 0 Å². The summed E-state index contributed by atoms with van der Waals surface area (Å²) in [7, 11) is -4.64. The van der Waals surface area contributed by atoms with Gasteiger partial charge in [-0.15, -0.1) is 0 Å².